The molecular formula is C14H24N2OS. The van der Waals surface area contributed by atoms with Crippen molar-refractivity contribution in [3.63, 3.8) is 0 Å². The number of rotatable bonds is 4. The second-order valence-electron chi connectivity index (χ2n) is 6.40. The Labute approximate surface area is 114 Å². The zero-order valence-electron chi connectivity index (χ0n) is 11.9. The van der Waals surface area contributed by atoms with Crippen LogP contribution in [0.3, 0.4) is 0 Å². The summed E-state index contributed by atoms with van der Waals surface area (Å²) in [5, 5.41) is 6.84. The van der Waals surface area contributed by atoms with Crippen LogP contribution in [0.1, 0.15) is 51.2 Å². The predicted octanol–water partition coefficient (Wildman–Crippen LogP) is 3.10. The number of thiazole rings is 1. The van der Waals surface area contributed by atoms with Crippen LogP contribution in [0.25, 0.3) is 0 Å². The SMILES string of the molecule is CC1(CNCc2csc(C(C)(C)C)n2)CCCO1. The van der Waals surface area contributed by atoms with Gasteiger partial charge in [0.05, 0.1) is 16.3 Å². The predicted molar refractivity (Wildman–Crippen MR) is 76.1 cm³/mol. The highest BCUT2D eigenvalue weighted by atomic mass is 32.1. The Kier molecular flexibility index (Phi) is 4.09. The van der Waals surface area contributed by atoms with Gasteiger partial charge in [0.2, 0.25) is 0 Å². The van der Waals surface area contributed by atoms with Gasteiger partial charge in [0.1, 0.15) is 0 Å². The molecule has 0 aromatic carbocycles. The van der Waals surface area contributed by atoms with Crippen LogP contribution in [-0.2, 0) is 16.7 Å². The van der Waals surface area contributed by atoms with Crippen molar-refractivity contribution in [1.29, 1.82) is 0 Å². The maximum Gasteiger partial charge on any atom is 0.0982 e. The fourth-order valence-corrected chi connectivity index (χ4v) is 3.07. The van der Waals surface area contributed by atoms with Crippen LogP contribution in [0, 0.1) is 0 Å². The number of nitrogens with one attached hydrogen (secondary N) is 1. The Bertz CT molecular complexity index is 389. The molecule has 1 aromatic heterocycles. The quantitative estimate of drug-likeness (QED) is 0.911. The van der Waals surface area contributed by atoms with Gasteiger partial charge in [0, 0.05) is 30.5 Å². The number of hydrogen-bond acceptors (Lipinski definition) is 4. The van der Waals surface area contributed by atoms with Gasteiger partial charge in [-0.25, -0.2) is 4.98 Å². The zero-order chi connectivity index (χ0) is 13.2. The summed E-state index contributed by atoms with van der Waals surface area (Å²) in [6, 6.07) is 0. The van der Waals surface area contributed by atoms with Crippen molar-refractivity contribution in [2.75, 3.05) is 13.2 Å². The van der Waals surface area contributed by atoms with Crippen LogP contribution in [0.2, 0.25) is 0 Å². The average Bonchev–Trinajstić information content (AvgIpc) is 2.87. The summed E-state index contributed by atoms with van der Waals surface area (Å²) < 4.78 is 5.76. The van der Waals surface area contributed by atoms with Crippen LogP contribution in [0.4, 0.5) is 0 Å². The highest BCUT2D eigenvalue weighted by Gasteiger charge is 2.29. The Hall–Kier alpha value is -0.450. The topological polar surface area (TPSA) is 34.2 Å². The van der Waals surface area contributed by atoms with E-state index >= 15 is 0 Å². The van der Waals surface area contributed by atoms with Gasteiger partial charge in [-0.2, -0.15) is 0 Å². The molecule has 1 aromatic rings. The molecular weight excluding hydrogens is 244 g/mol. The molecule has 1 atom stereocenters. The smallest absolute Gasteiger partial charge is 0.0982 e. The van der Waals surface area contributed by atoms with E-state index in [-0.39, 0.29) is 11.0 Å². The molecule has 1 N–H and O–H groups in total. The van der Waals surface area contributed by atoms with Crippen LogP contribution in [0.15, 0.2) is 5.38 Å². The maximum atomic E-state index is 5.76. The number of nitrogens with zero attached hydrogens (tertiary/aromatic N) is 1. The van der Waals surface area contributed by atoms with E-state index < -0.39 is 0 Å². The fourth-order valence-electron chi connectivity index (χ4n) is 2.16. The summed E-state index contributed by atoms with van der Waals surface area (Å²) in [5.41, 5.74) is 1.33. The monoisotopic (exact) mass is 268 g/mol. The molecule has 1 aliphatic rings. The summed E-state index contributed by atoms with van der Waals surface area (Å²) in [6.07, 6.45) is 2.34. The van der Waals surface area contributed by atoms with Gasteiger partial charge in [-0.05, 0) is 19.8 Å². The van der Waals surface area contributed by atoms with Crippen LogP contribution in [0.5, 0.6) is 0 Å². The van der Waals surface area contributed by atoms with Crippen molar-refractivity contribution < 1.29 is 4.74 Å². The number of aromatic nitrogens is 1. The first-order valence-electron chi connectivity index (χ1n) is 6.69. The van der Waals surface area contributed by atoms with Gasteiger partial charge in [-0.3, -0.25) is 0 Å². The van der Waals surface area contributed by atoms with Crippen molar-refractivity contribution in [1.82, 2.24) is 10.3 Å². The van der Waals surface area contributed by atoms with Gasteiger partial charge in [-0.1, -0.05) is 20.8 Å². The molecule has 1 saturated heterocycles. The minimum atomic E-state index is 0.0306. The highest BCUT2D eigenvalue weighted by molar-refractivity contribution is 7.09. The van der Waals surface area contributed by atoms with E-state index in [0.717, 1.165) is 31.8 Å². The second kappa shape index (κ2) is 5.27. The standard InChI is InChI=1S/C14H24N2OS/c1-13(2,3)12-16-11(9-18-12)8-15-10-14(4)6-5-7-17-14/h9,15H,5-8,10H2,1-4H3. The van der Waals surface area contributed by atoms with E-state index in [9.17, 15) is 0 Å². The lowest BCUT2D eigenvalue weighted by atomic mass is 9.98. The molecule has 0 bridgehead atoms. The Balaban J connectivity index is 1.82. The van der Waals surface area contributed by atoms with Gasteiger partial charge < -0.3 is 10.1 Å². The summed E-state index contributed by atoms with van der Waals surface area (Å²) in [5.74, 6) is 0. The number of ether oxygens (including phenoxy) is 1. The molecule has 0 saturated carbocycles. The Morgan fingerprint density at radius 2 is 2.28 bits per heavy atom. The molecule has 4 heteroatoms. The van der Waals surface area contributed by atoms with Crippen LogP contribution in [-0.4, -0.2) is 23.7 Å². The normalized spacial score (nSPS) is 24.7. The second-order valence-corrected chi connectivity index (χ2v) is 7.26. The summed E-state index contributed by atoms with van der Waals surface area (Å²) in [4.78, 5) is 4.68. The molecule has 0 aliphatic carbocycles. The van der Waals surface area contributed by atoms with E-state index in [1.807, 2.05) is 0 Å². The molecule has 2 heterocycles. The maximum absolute atomic E-state index is 5.76. The van der Waals surface area contributed by atoms with Gasteiger partial charge in [0.25, 0.3) is 0 Å². The minimum Gasteiger partial charge on any atom is -0.374 e. The fraction of sp³-hybridized carbons (Fsp3) is 0.786. The lowest BCUT2D eigenvalue weighted by molar-refractivity contribution is 0.0206. The molecule has 1 fully saturated rings. The molecule has 0 radical (unpaired) electrons. The third-order valence-electron chi connectivity index (χ3n) is 3.30. The summed E-state index contributed by atoms with van der Waals surface area (Å²) in [7, 11) is 0. The van der Waals surface area contributed by atoms with Crippen molar-refractivity contribution in [2.45, 2.75) is 58.1 Å². The van der Waals surface area contributed by atoms with Gasteiger partial charge >= 0.3 is 0 Å². The van der Waals surface area contributed by atoms with Crippen LogP contribution < -0.4 is 5.32 Å². The molecule has 18 heavy (non-hydrogen) atoms. The Morgan fingerprint density at radius 3 is 2.83 bits per heavy atom. The highest BCUT2D eigenvalue weighted by Crippen LogP contribution is 2.26. The first-order chi connectivity index (χ1) is 8.39. The molecule has 1 aliphatic heterocycles. The first kappa shape index (κ1) is 14.0. The lowest BCUT2D eigenvalue weighted by Gasteiger charge is -2.23. The Morgan fingerprint density at radius 1 is 1.50 bits per heavy atom. The molecule has 0 spiro atoms. The largest absolute Gasteiger partial charge is 0.374 e. The third kappa shape index (κ3) is 3.53. The first-order valence-corrected chi connectivity index (χ1v) is 7.57. The number of hydrogen-bond donors (Lipinski definition) is 1. The molecule has 0 amide bonds. The third-order valence-corrected chi connectivity index (χ3v) is 4.62. The van der Waals surface area contributed by atoms with E-state index in [2.05, 4.69) is 43.4 Å². The van der Waals surface area contributed by atoms with Gasteiger partial charge in [0.15, 0.2) is 0 Å². The lowest BCUT2D eigenvalue weighted by Crippen LogP contribution is -2.36. The van der Waals surface area contributed by atoms with E-state index in [4.69, 9.17) is 4.74 Å². The van der Waals surface area contributed by atoms with E-state index in [0.29, 0.717) is 0 Å². The van der Waals surface area contributed by atoms with E-state index in [1.165, 1.54) is 11.4 Å². The minimum absolute atomic E-state index is 0.0306. The molecule has 102 valence electrons. The van der Waals surface area contributed by atoms with E-state index in [1.54, 1.807) is 11.3 Å². The summed E-state index contributed by atoms with van der Waals surface area (Å²) in [6.45, 7) is 11.5. The molecule has 3 nitrogen and oxygen atoms in total. The van der Waals surface area contributed by atoms with Crippen molar-refractivity contribution in [2.24, 2.45) is 0 Å². The van der Waals surface area contributed by atoms with Gasteiger partial charge in [-0.15, -0.1) is 11.3 Å². The molecule has 1 unspecified atom stereocenters. The van der Waals surface area contributed by atoms with Crippen molar-refractivity contribution in [3.8, 4) is 0 Å². The van der Waals surface area contributed by atoms with Crippen molar-refractivity contribution >= 4 is 11.3 Å². The molecule has 2 rings (SSSR count). The summed E-state index contributed by atoms with van der Waals surface area (Å²) >= 11 is 1.76. The van der Waals surface area contributed by atoms with Crippen LogP contribution >= 0.6 is 11.3 Å². The zero-order valence-corrected chi connectivity index (χ0v) is 12.7. The average molecular weight is 268 g/mol. The van der Waals surface area contributed by atoms with Crippen molar-refractivity contribution in [3.05, 3.63) is 16.1 Å².